The van der Waals surface area contributed by atoms with Crippen LogP contribution in [0.2, 0.25) is 0 Å². The maximum Gasteiger partial charge on any atom is 0.227 e. The van der Waals surface area contributed by atoms with Crippen molar-refractivity contribution in [2.24, 2.45) is 0 Å². The Labute approximate surface area is 171 Å². The summed E-state index contributed by atoms with van der Waals surface area (Å²) in [5.74, 6) is -1.25. The van der Waals surface area contributed by atoms with Gasteiger partial charge in [-0.25, -0.2) is 8.78 Å². The van der Waals surface area contributed by atoms with Crippen molar-refractivity contribution in [1.29, 1.82) is 0 Å². The number of halogens is 2. The number of rotatable bonds is 6. The SMILES string of the molecule is O=C(CCc1nc(-c2ccc(-c3ccccc3)cc2)no1)Nc1ccc(F)cc1F. The molecule has 1 amide bonds. The van der Waals surface area contributed by atoms with Crippen molar-refractivity contribution >= 4 is 11.6 Å². The lowest BCUT2D eigenvalue weighted by molar-refractivity contribution is -0.116. The van der Waals surface area contributed by atoms with E-state index in [1.54, 1.807) is 0 Å². The molecule has 4 rings (SSSR count). The van der Waals surface area contributed by atoms with Gasteiger partial charge in [-0.3, -0.25) is 4.79 Å². The lowest BCUT2D eigenvalue weighted by Crippen LogP contribution is -2.13. The van der Waals surface area contributed by atoms with Gasteiger partial charge in [0.25, 0.3) is 0 Å². The molecule has 0 saturated heterocycles. The van der Waals surface area contributed by atoms with Gasteiger partial charge in [-0.15, -0.1) is 0 Å². The normalized spacial score (nSPS) is 10.7. The van der Waals surface area contributed by atoms with Crippen LogP contribution in [-0.4, -0.2) is 16.0 Å². The Morgan fingerprint density at radius 1 is 0.900 bits per heavy atom. The van der Waals surface area contributed by atoms with Crippen molar-refractivity contribution in [1.82, 2.24) is 10.1 Å². The first-order valence-electron chi connectivity index (χ1n) is 9.32. The summed E-state index contributed by atoms with van der Waals surface area (Å²) in [5.41, 5.74) is 2.91. The standard InChI is InChI=1S/C23H17F2N3O2/c24-18-10-11-20(19(25)14-18)26-21(29)12-13-22-27-23(28-30-22)17-8-6-16(7-9-17)15-4-2-1-3-5-15/h1-11,14H,12-13H2,(H,26,29). The second-order valence-corrected chi connectivity index (χ2v) is 6.63. The Bertz CT molecular complexity index is 1160. The summed E-state index contributed by atoms with van der Waals surface area (Å²) in [4.78, 5) is 16.3. The van der Waals surface area contributed by atoms with Crippen molar-refractivity contribution in [3.63, 3.8) is 0 Å². The van der Waals surface area contributed by atoms with E-state index < -0.39 is 17.5 Å². The number of amides is 1. The van der Waals surface area contributed by atoms with E-state index in [0.29, 0.717) is 17.8 Å². The van der Waals surface area contributed by atoms with E-state index >= 15 is 0 Å². The topological polar surface area (TPSA) is 68.0 Å². The lowest BCUT2D eigenvalue weighted by Gasteiger charge is -2.05. The molecule has 1 aromatic heterocycles. The summed E-state index contributed by atoms with van der Waals surface area (Å²) in [6, 6.07) is 20.7. The fourth-order valence-corrected chi connectivity index (χ4v) is 2.94. The highest BCUT2D eigenvalue weighted by molar-refractivity contribution is 5.90. The van der Waals surface area contributed by atoms with Gasteiger partial charge >= 0.3 is 0 Å². The van der Waals surface area contributed by atoms with E-state index in [2.05, 4.69) is 15.5 Å². The minimum atomic E-state index is -0.831. The quantitative estimate of drug-likeness (QED) is 0.476. The molecule has 0 aliphatic carbocycles. The molecule has 4 aromatic rings. The molecular weight excluding hydrogens is 388 g/mol. The molecule has 7 heteroatoms. The Morgan fingerprint density at radius 2 is 1.60 bits per heavy atom. The van der Waals surface area contributed by atoms with Gasteiger partial charge in [0.1, 0.15) is 11.6 Å². The highest BCUT2D eigenvalue weighted by atomic mass is 19.1. The van der Waals surface area contributed by atoms with Crippen LogP contribution in [0.1, 0.15) is 12.3 Å². The highest BCUT2D eigenvalue weighted by Crippen LogP contribution is 2.23. The maximum atomic E-state index is 13.6. The molecule has 0 unspecified atom stereocenters. The molecule has 0 fully saturated rings. The van der Waals surface area contributed by atoms with Gasteiger partial charge in [-0.1, -0.05) is 59.8 Å². The van der Waals surface area contributed by atoms with E-state index in [-0.39, 0.29) is 18.5 Å². The van der Waals surface area contributed by atoms with Crippen LogP contribution in [0.15, 0.2) is 77.3 Å². The van der Waals surface area contributed by atoms with Crippen LogP contribution in [-0.2, 0) is 11.2 Å². The summed E-state index contributed by atoms with van der Waals surface area (Å²) >= 11 is 0. The van der Waals surface area contributed by atoms with Crippen LogP contribution in [0.5, 0.6) is 0 Å². The zero-order chi connectivity index (χ0) is 20.9. The predicted molar refractivity (Wildman–Crippen MR) is 108 cm³/mol. The fourth-order valence-electron chi connectivity index (χ4n) is 2.94. The van der Waals surface area contributed by atoms with Crippen LogP contribution in [0, 0.1) is 11.6 Å². The summed E-state index contributed by atoms with van der Waals surface area (Å²) < 4.78 is 31.7. The summed E-state index contributed by atoms with van der Waals surface area (Å²) in [6.45, 7) is 0. The average Bonchev–Trinajstić information content (AvgIpc) is 3.24. The lowest BCUT2D eigenvalue weighted by atomic mass is 10.0. The number of hydrogen-bond acceptors (Lipinski definition) is 4. The van der Waals surface area contributed by atoms with E-state index in [0.717, 1.165) is 22.8 Å². The van der Waals surface area contributed by atoms with Crippen LogP contribution in [0.3, 0.4) is 0 Å². The zero-order valence-electron chi connectivity index (χ0n) is 15.8. The van der Waals surface area contributed by atoms with Gasteiger partial charge in [-0.05, 0) is 23.3 Å². The first-order valence-corrected chi connectivity index (χ1v) is 9.32. The number of carbonyl (C=O) groups excluding carboxylic acids is 1. The molecule has 0 radical (unpaired) electrons. The summed E-state index contributed by atoms with van der Waals surface area (Å²) in [5, 5.41) is 6.35. The van der Waals surface area contributed by atoms with Gasteiger partial charge in [0.15, 0.2) is 0 Å². The predicted octanol–water partition coefficient (Wildman–Crippen LogP) is 5.25. The van der Waals surface area contributed by atoms with E-state index in [9.17, 15) is 13.6 Å². The molecule has 150 valence electrons. The number of aromatic nitrogens is 2. The molecule has 1 N–H and O–H groups in total. The van der Waals surface area contributed by atoms with Crippen LogP contribution in [0.25, 0.3) is 22.5 Å². The van der Waals surface area contributed by atoms with Gasteiger partial charge in [0, 0.05) is 24.5 Å². The van der Waals surface area contributed by atoms with E-state index in [1.165, 1.54) is 6.07 Å². The van der Waals surface area contributed by atoms with Gasteiger partial charge < -0.3 is 9.84 Å². The third kappa shape index (κ3) is 4.57. The molecule has 0 spiro atoms. The largest absolute Gasteiger partial charge is 0.339 e. The minimum absolute atomic E-state index is 0.0192. The molecule has 0 atom stereocenters. The minimum Gasteiger partial charge on any atom is -0.339 e. The fraction of sp³-hybridized carbons (Fsp3) is 0.0870. The number of carbonyl (C=O) groups is 1. The Balaban J connectivity index is 1.36. The Hall–Kier alpha value is -3.87. The van der Waals surface area contributed by atoms with Crippen molar-refractivity contribution in [3.8, 4) is 22.5 Å². The number of anilines is 1. The molecule has 3 aromatic carbocycles. The third-order valence-corrected chi connectivity index (χ3v) is 4.49. The Kier molecular flexibility index (Phi) is 5.61. The number of nitrogens with zero attached hydrogens (tertiary/aromatic N) is 2. The molecule has 1 heterocycles. The third-order valence-electron chi connectivity index (χ3n) is 4.49. The average molecular weight is 405 g/mol. The first-order chi connectivity index (χ1) is 14.6. The van der Waals surface area contributed by atoms with Gasteiger partial charge in [0.05, 0.1) is 5.69 Å². The van der Waals surface area contributed by atoms with Crippen LogP contribution < -0.4 is 5.32 Å². The number of nitrogens with one attached hydrogen (secondary N) is 1. The van der Waals surface area contributed by atoms with Crippen molar-refractivity contribution in [3.05, 3.63) is 90.3 Å². The molecular formula is C23H17F2N3O2. The monoisotopic (exact) mass is 405 g/mol. The van der Waals surface area contributed by atoms with E-state index in [4.69, 9.17) is 4.52 Å². The first kappa shape index (κ1) is 19.4. The molecule has 0 bridgehead atoms. The van der Waals surface area contributed by atoms with Crippen LogP contribution >= 0.6 is 0 Å². The smallest absolute Gasteiger partial charge is 0.227 e. The molecule has 5 nitrogen and oxygen atoms in total. The second kappa shape index (κ2) is 8.65. The highest BCUT2D eigenvalue weighted by Gasteiger charge is 2.13. The summed E-state index contributed by atoms with van der Waals surface area (Å²) in [6.07, 6.45) is 0.217. The van der Waals surface area contributed by atoms with Crippen molar-refractivity contribution in [2.75, 3.05) is 5.32 Å². The van der Waals surface area contributed by atoms with E-state index in [1.807, 2.05) is 54.6 Å². The van der Waals surface area contributed by atoms with Crippen molar-refractivity contribution < 1.29 is 18.1 Å². The van der Waals surface area contributed by atoms with Gasteiger partial charge in [0.2, 0.25) is 17.6 Å². The summed E-state index contributed by atoms with van der Waals surface area (Å²) in [7, 11) is 0. The molecule has 0 aliphatic heterocycles. The zero-order valence-corrected chi connectivity index (χ0v) is 15.8. The Morgan fingerprint density at radius 3 is 2.33 bits per heavy atom. The molecule has 0 saturated carbocycles. The number of aryl methyl sites for hydroxylation is 1. The van der Waals surface area contributed by atoms with Gasteiger partial charge in [-0.2, -0.15) is 4.98 Å². The molecule has 30 heavy (non-hydrogen) atoms. The number of hydrogen-bond donors (Lipinski definition) is 1. The number of benzene rings is 3. The van der Waals surface area contributed by atoms with Crippen LogP contribution in [0.4, 0.5) is 14.5 Å². The van der Waals surface area contributed by atoms with Crippen molar-refractivity contribution in [2.45, 2.75) is 12.8 Å². The maximum absolute atomic E-state index is 13.6. The second-order valence-electron chi connectivity index (χ2n) is 6.63. The molecule has 0 aliphatic rings.